The number of hydrogen-bond acceptors (Lipinski definition) is 7. The number of aryl methyl sites for hydroxylation is 4. The van der Waals surface area contributed by atoms with Crippen LogP contribution in [0.15, 0.2) is 77.3 Å². The molecule has 208 valence electrons. The van der Waals surface area contributed by atoms with Gasteiger partial charge in [-0.1, -0.05) is 35.9 Å². The number of carbonyl (C=O) groups is 1. The number of non-ortho nitro benzene ring substituents is 1. The first-order valence-corrected chi connectivity index (χ1v) is 13.6. The van der Waals surface area contributed by atoms with Gasteiger partial charge in [0.05, 0.1) is 28.2 Å². The number of ketones is 1. The second kappa shape index (κ2) is 10.9. The summed E-state index contributed by atoms with van der Waals surface area (Å²) in [6.07, 6.45) is 1.56. The molecule has 1 aliphatic carbocycles. The van der Waals surface area contributed by atoms with E-state index in [1.807, 2.05) is 58.0 Å². The van der Waals surface area contributed by atoms with Crippen molar-refractivity contribution >= 4 is 17.2 Å². The lowest BCUT2D eigenvalue weighted by atomic mass is 9.74. The topological polar surface area (TPSA) is 122 Å². The molecule has 8 heteroatoms. The molecule has 0 radical (unpaired) electrons. The average molecular weight is 549 g/mol. The van der Waals surface area contributed by atoms with Crippen LogP contribution in [0.5, 0.6) is 5.75 Å². The Balaban J connectivity index is 1.65. The molecule has 1 aliphatic heterocycles. The van der Waals surface area contributed by atoms with Crippen LogP contribution in [0.3, 0.4) is 0 Å². The minimum atomic E-state index is -0.642. The Morgan fingerprint density at radius 1 is 1.02 bits per heavy atom. The molecule has 3 aromatic rings. The highest BCUT2D eigenvalue weighted by atomic mass is 16.6. The molecule has 3 aromatic carbocycles. The first-order valence-electron chi connectivity index (χ1n) is 13.6. The van der Waals surface area contributed by atoms with Gasteiger partial charge in [-0.15, -0.1) is 0 Å². The number of nitriles is 1. The largest absolute Gasteiger partial charge is 0.489 e. The predicted molar refractivity (Wildman–Crippen MR) is 157 cm³/mol. The Hall–Kier alpha value is -4.90. The molecule has 0 fully saturated rings. The van der Waals surface area contributed by atoms with Crippen molar-refractivity contribution in [3.63, 3.8) is 0 Å². The van der Waals surface area contributed by atoms with E-state index in [9.17, 15) is 20.2 Å². The van der Waals surface area contributed by atoms with Crippen molar-refractivity contribution in [3.05, 3.63) is 121 Å². The van der Waals surface area contributed by atoms with Gasteiger partial charge in [-0.2, -0.15) is 5.26 Å². The van der Waals surface area contributed by atoms with Gasteiger partial charge in [0.2, 0.25) is 0 Å². The summed E-state index contributed by atoms with van der Waals surface area (Å²) >= 11 is 0. The Morgan fingerprint density at radius 2 is 1.76 bits per heavy atom. The van der Waals surface area contributed by atoms with Crippen LogP contribution in [-0.2, 0) is 11.4 Å². The maximum Gasteiger partial charge on any atom is 0.271 e. The molecule has 1 heterocycles. The van der Waals surface area contributed by atoms with Gasteiger partial charge >= 0.3 is 0 Å². The van der Waals surface area contributed by atoms with Crippen LogP contribution in [0.2, 0.25) is 0 Å². The number of Topliss-reactive ketones (excluding diaryl/α,β-unsaturated/α-hetero) is 1. The van der Waals surface area contributed by atoms with Gasteiger partial charge in [0.25, 0.3) is 5.69 Å². The number of rotatable bonds is 6. The van der Waals surface area contributed by atoms with E-state index in [4.69, 9.17) is 10.5 Å². The van der Waals surface area contributed by atoms with Gasteiger partial charge in [-0.25, -0.2) is 0 Å². The fourth-order valence-electron chi connectivity index (χ4n) is 5.80. The Labute approximate surface area is 239 Å². The quantitative estimate of drug-likeness (QED) is 0.268. The summed E-state index contributed by atoms with van der Waals surface area (Å²) in [5.74, 6) is 0.262. The molecule has 8 nitrogen and oxygen atoms in total. The number of allylic oxidation sites excluding steroid dienone is 3. The number of anilines is 1. The third-order valence-corrected chi connectivity index (χ3v) is 8.01. The van der Waals surface area contributed by atoms with Crippen molar-refractivity contribution in [2.75, 3.05) is 4.90 Å². The number of nitrogens with two attached hydrogens (primary N) is 1. The monoisotopic (exact) mass is 548 g/mol. The molecule has 0 saturated carbocycles. The molecule has 0 amide bonds. The first-order chi connectivity index (χ1) is 19.6. The average Bonchev–Trinajstić information content (AvgIpc) is 2.94. The summed E-state index contributed by atoms with van der Waals surface area (Å²) in [7, 11) is 0. The standard InChI is InChI=1S/C33H32N4O4/c1-19-8-12-25(13-9-19)41-18-23-15-26(22(4)14-21(23)3)31-27(17-34)33(35)36(28-6-5-7-30(38)32(28)31)29-16-24(37(39)40)11-10-20(29)2/h8-16,31H,5-7,18,35H2,1-4H3. The Bertz CT molecular complexity index is 1680. The number of nitro groups is 1. The number of nitrogens with zero attached hydrogens (tertiary/aromatic N) is 3. The molecule has 0 aromatic heterocycles. The third-order valence-electron chi connectivity index (χ3n) is 8.01. The van der Waals surface area contributed by atoms with E-state index in [1.54, 1.807) is 11.0 Å². The molecule has 1 unspecified atom stereocenters. The minimum absolute atomic E-state index is 0.0398. The van der Waals surface area contributed by atoms with E-state index in [2.05, 4.69) is 12.1 Å². The van der Waals surface area contributed by atoms with Crippen molar-refractivity contribution in [2.45, 2.75) is 59.5 Å². The SMILES string of the molecule is Cc1ccc(OCc2cc(C3C(C#N)=C(N)N(c4cc([N+](=O)[O-])ccc4C)C4=C3C(=O)CCC4)c(C)cc2C)cc1. The molecular weight excluding hydrogens is 516 g/mol. The maximum absolute atomic E-state index is 13.6. The van der Waals surface area contributed by atoms with Gasteiger partial charge in [-0.05, 0) is 80.5 Å². The summed E-state index contributed by atoms with van der Waals surface area (Å²) in [5, 5.41) is 22.0. The zero-order valence-electron chi connectivity index (χ0n) is 23.7. The van der Waals surface area contributed by atoms with E-state index in [-0.39, 0.29) is 22.9 Å². The van der Waals surface area contributed by atoms with E-state index >= 15 is 0 Å². The smallest absolute Gasteiger partial charge is 0.271 e. The summed E-state index contributed by atoms with van der Waals surface area (Å²) in [4.78, 5) is 26.4. The van der Waals surface area contributed by atoms with E-state index in [1.165, 1.54) is 12.1 Å². The predicted octanol–water partition coefficient (Wildman–Crippen LogP) is 6.71. The number of hydrogen-bond donors (Lipinski definition) is 1. The maximum atomic E-state index is 13.6. The van der Waals surface area contributed by atoms with Crippen LogP contribution < -0.4 is 15.4 Å². The zero-order chi connectivity index (χ0) is 29.4. The van der Waals surface area contributed by atoms with E-state index in [0.717, 1.165) is 39.1 Å². The van der Waals surface area contributed by atoms with Crippen LogP contribution in [-0.4, -0.2) is 10.7 Å². The van der Waals surface area contributed by atoms with E-state index in [0.29, 0.717) is 42.8 Å². The van der Waals surface area contributed by atoms with Crippen molar-refractivity contribution in [1.29, 1.82) is 5.26 Å². The lowest BCUT2D eigenvalue weighted by Crippen LogP contribution is -2.39. The molecule has 0 saturated heterocycles. The van der Waals surface area contributed by atoms with Crippen LogP contribution >= 0.6 is 0 Å². The fourth-order valence-corrected chi connectivity index (χ4v) is 5.80. The fraction of sp³-hybridized carbons (Fsp3) is 0.273. The summed E-state index contributed by atoms with van der Waals surface area (Å²) < 4.78 is 6.09. The molecule has 41 heavy (non-hydrogen) atoms. The molecular formula is C33H32N4O4. The number of benzene rings is 3. The van der Waals surface area contributed by atoms with Crippen molar-refractivity contribution in [2.24, 2.45) is 5.73 Å². The summed E-state index contributed by atoms with van der Waals surface area (Å²) in [6, 6.07) is 18.8. The van der Waals surface area contributed by atoms with Crippen LogP contribution in [0, 0.1) is 49.1 Å². The highest BCUT2D eigenvalue weighted by molar-refractivity contribution is 6.01. The number of nitro benzene ring substituents is 1. The molecule has 2 N–H and O–H groups in total. The highest BCUT2D eigenvalue weighted by Crippen LogP contribution is 2.48. The number of ether oxygens (including phenoxy) is 1. The normalized spacial score (nSPS) is 16.9. The van der Waals surface area contributed by atoms with Gasteiger partial charge in [-0.3, -0.25) is 19.8 Å². The third kappa shape index (κ3) is 5.07. The van der Waals surface area contributed by atoms with Crippen molar-refractivity contribution in [3.8, 4) is 11.8 Å². The molecule has 0 spiro atoms. The van der Waals surface area contributed by atoms with Crippen molar-refractivity contribution < 1.29 is 14.5 Å². The summed E-state index contributed by atoms with van der Waals surface area (Å²) in [6.45, 7) is 8.18. The zero-order valence-corrected chi connectivity index (χ0v) is 23.7. The van der Waals surface area contributed by atoms with Crippen LogP contribution in [0.25, 0.3) is 0 Å². The Morgan fingerprint density at radius 3 is 2.44 bits per heavy atom. The summed E-state index contributed by atoms with van der Waals surface area (Å²) in [5.41, 5.74) is 14.3. The molecule has 1 atom stereocenters. The number of carbonyl (C=O) groups excluding carboxylic acids is 1. The lowest BCUT2D eigenvalue weighted by Gasteiger charge is -2.40. The lowest BCUT2D eigenvalue weighted by molar-refractivity contribution is -0.384. The van der Waals surface area contributed by atoms with Crippen molar-refractivity contribution in [1.82, 2.24) is 0 Å². The second-order valence-electron chi connectivity index (χ2n) is 10.8. The molecule has 5 rings (SSSR count). The van der Waals surface area contributed by atoms with Gasteiger partial charge in [0, 0.05) is 29.8 Å². The first kappa shape index (κ1) is 27.7. The van der Waals surface area contributed by atoms with E-state index < -0.39 is 10.8 Å². The second-order valence-corrected chi connectivity index (χ2v) is 10.8. The van der Waals surface area contributed by atoms with Gasteiger partial charge < -0.3 is 10.5 Å². The van der Waals surface area contributed by atoms with Crippen LogP contribution in [0.1, 0.15) is 58.6 Å². The van der Waals surface area contributed by atoms with Gasteiger partial charge in [0.15, 0.2) is 5.78 Å². The molecule has 2 aliphatic rings. The van der Waals surface area contributed by atoms with Gasteiger partial charge in [0.1, 0.15) is 18.2 Å². The highest BCUT2D eigenvalue weighted by Gasteiger charge is 2.41. The molecule has 0 bridgehead atoms. The Kier molecular flexibility index (Phi) is 7.38. The minimum Gasteiger partial charge on any atom is -0.489 e. The van der Waals surface area contributed by atoms with Crippen LogP contribution in [0.4, 0.5) is 11.4 Å².